The van der Waals surface area contributed by atoms with Crippen LogP contribution in [0.4, 0.5) is 5.69 Å². The highest BCUT2D eigenvalue weighted by Gasteiger charge is 2.11. The minimum Gasteiger partial charge on any atom is -0.504 e. The highest BCUT2D eigenvalue weighted by molar-refractivity contribution is 9.10. The Bertz CT molecular complexity index is 695. The Kier molecular flexibility index (Phi) is 4.71. The molecular weight excluding hydrogens is 332 g/mol. The number of ether oxygens (including phenoxy) is 1. The number of anilines is 1. The number of methoxy groups -OCH3 is 1. The van der Waals surface area contributed by atoms with Crippen LogP contribution < -0.4 is 10.1 Å². The molecule has 0 aromatic heterocycles. The number of phenols is 1. The molecule has 108 valence electrons. The van der Waals surface area contributed by atoms with Crippen molar-refractivity contribution < 1.29 is 9.84 Å². The first-order valence-electron chi connectivity index (χ1n) is 6.38. The Labute approximate surface area is 132 Å². The van der Waals surface area contributed by atoms with E-state index in [4.69, 9.17) is 10.00 Å². The van der Waals surface area contributed by atoms with Gasteiger partial charge >= 0.3 is 0 Å². The van der Waals surface area contributed by atoms with Crippen molar-refractivity contribution in [3.63, 3.8) is 0 Å². The summed E-state index contributed by atoms with van der Waals surface area (Å²) in [7, 11) is 1.52. The Morgan fingerprint density at radius 3 is 2.67 bits per heavy atom. The molecule has 0 spiro atoms. The van der Waals surface area contributed by atoms with E-state index < -0.39 is 0 Å². The fourth-order valence-corrected chi connectivity index (χ4v) is 2.48. The molecule has 0 bridgehead atoms. The number of benzene rings is 2. The normalized spacial score (nSPS) is 11.5. The fourth-order valence-electron chi connectivity index (χ4n) is 1.98. The number of nitrogens with zero attached hydrogens (tertiary/aromatic N) is 1. The predicted molar refractivity (Wildman–Crippen MR) is 85.6 cm³/mol. The topological polar surface area (TPSA) is 65.3 Å². The van der Waals surface area contributed by atoms with E-state index in [9.17, 15) is 5.11 Å². The summed E-state index contributed by atoms with van der Waals surface area (Å²) in [6, 6.07) is 12.8. The van der Waals surface area contributed by atoms with Gasteiger partial charge in [0.25, 0.3) is 0 Å². The molecule has 2 aromatic rings. The number of aromatic hydroxyl groups is 1. The van der Waals surface area contributed by atoms with Crippen molar-refractivity contribution in [2.24, 2.45) is 0 Å². The van der Waals surface area contributed by atoms with Crippen LogP contribution in [0.5, 0.6) is 11.5 Å². The van der Waals surface area contributed by atoms with Crippen molar-refractivity contribution in [2.75, 3.05) is 12.4 Å². The minimum atomic E-state index is 0.0173. The molecule has 2 N–H and O–H groups in total. The number of hydrogen-bond donors (Lipinski definition) is 2. The van der Waals surface area contributed by atoms with E-state index in [0.717, 1.165) is 15.7 Å². The second kappa shape index (κ2) is 6.51. The SMILES string of the molecule is COc1cc(C(C)Nc2ccc(C#N)cc2Br)ccc1O. The molecular formula is C16H15BrN2O2. The van der Waals surface area contributed by atoms with Crippen LogP contribution in [0.2, 0.25) is 0 Å². The van der Waals surface area contributed by atoms with Gasteiger partial charge in [-0.05, 0) is 58.7 Å². The number of rotatable bonds is 4. The van der Waals surface area contributed by atoms with Crippen molar-refractivity contribution in [1.82, 2.24) is 0 Å². The van der Waals surface area contributed by atoms with Gasteiger partial charge in [0.05, 0.1) is 18.7 Å². The molecule has 2 rings (SSSR count). The summed E-state index contributed by atoms with van der Waals surface area (Å²) in [4.78, 5) is 0. The molecule has 0 fully saturated rings. The van der Waals surface area contributed by atoms with E-state index in [1.165, 1.54) is 7.11 Å². The lowest BCUT2D eigenvalue weighted by atomic mass is 10.1. The summed E-state index contributed by atoms with van der Waals surface area (Å²) in [5, 5.41) is 21.8. The lowest BCUT2D eigenvalue weighted by Gasteiger charge is -2.18. The maximum Gasteiger partial charge on any atom is 0.160 e. The van der Waals surface area contributed by atoms with Gasteiger partial charge in [-0.2, -0.15) is 5.26 Å². The van der Waals surface area contributed by atoms with Gasteiger partial charge in [-0.1, -0.05) is 6.07 Å². The lowest BCUT2D eigenvalue weighted by Crippen LogP contribution is -2.07. The van der Waals surface area contributed by atoms with E-state index in [-0.39, 0.29) is 11.8 Å². The number of phenolic OH excluding ortho intramolecular Hbond substituents is 1. The molecule has 1 atom stereocenters. The molecule has 0 radical (unpaired) electrons. The van der Waals surface area contributed by atoms with Crippen molar-refractivity contribution in [3.05, 3.63) is 52.0 Å². The summed E-state index contributed by atoms with van der Waals surface area (Å²) in [6.45, 7) is 2.01. The third-order valence-electron chi connectivity index (χ3n) is 3.17. The zero-order valence-corrected chi connectivity index (χ0v) is 13.3. The number of nitriles is 1. The van der Waals surface area contributed by atoms with Crippen LogP contribution in [-0.4, -0.2) is 12.2 Å². The quantitative estimate of drug-likeness (QED) is 0.870. The van der Waals surface area contributed by atoms with Gasteiger partial charge in [0.15, 0.2) is 11.5 Å². The van der Waals surface area contributed by atoms with Crippen LogP contribution in [0, 0.1) is 11.3 Å². The fraction of sp³-hybridized carbons (Fsp3) is 0.188. The van der Waals surface area contributed by atoms with Gasteiger partial charge in [0, 0.05) is 16.2 Å². The van der Waals surface area contributed by atoms with Gasteiger partial charge in [-0.3, -0.25) is 0 Å². The standard InChI is InChI=1S/C16H15BrN2O2/c1-10(12-4-6-15(20)16(8-12)21-2)19-14-5-3-11(9-18)7-13(14)17/h3-8,10,19-20H,1-2H3. The molecule has 5 heteroatoms. The second-order valence-electron chi connectivity index (χ2n) is 4.60. The maximum absolute atomic E-state index is 9.62. The third kappa shape index (κ3) is 3.47. The van der Waals surface area contributed by atoms with Crippen LogP contribution in [-0.2, 0) is 0 Å². The summed E-state index contributed by atoms with van der Waals surface area (Å²) in [5.74, 6) is 0.563. The molecule has 21 heavy (non-hydrogen) atoms. The highest BCUT2D eigenvalue weighted by Crippen LogP contribution is 2.32. The largest absolute Gasteiger partial charge is 0.504 e. The van der Waals surface area contributed by atoms with Crippen molar-refractivity contribution in [2.45, 2.75) is 13.0 Å². The summed E-state index contributed by atoms with van der Waals surface area (Å²) < 4.78 is 5.95. The number of nitrogens with one attached hydrogen (secondary N) is 1. The molecule has 0 aliphatic heterocycles. The van der Waals surface area contributed by atoms with Crippen LogP contribution >= 0.6 is 15.9 Å². The van der Waals surface area contributed by atoms with E-state index in [0.29, 0.717) is 11.3 Å². The molecule has 0 heterocycles. The summed E-state index contributed by atoms with van der Waals surface area (Å²) in [6.07, 6.45) is 0. The van der Waals surface area contributed by atoms with E-state index in [1.807, 2.05) is 19.1 Å². The maximum atomic E-state index is 9.62. The van der Waals surface area contributed by atoms with E-state index >= 15 is 0 Å². The van der Waals surface area contributed by atoms with Gasteiger partial charge in [0.2, 0.25) is 0 Å². The van der Waals surface area contributed by atoms with Crippen molar-refractivity contribution in [3.8, 4) is 17.6 Å². The molecule has 0 aliphatic rings. The second-order valence-corrected chi connectivity index (χ2v) is 5.46. The van der Waals surface area contributed by atoms with Gasteiger partial charge in [-0.15, -0.1) is 0 Å². The first-order chi connectivity index (χ1) is 10.0. The first kappa shape index (κ1) is 15.2. The first-order valence-corrected chi connectivity index (χ1v) is 7.17. The lowest BCUT2D eigenvalue weighted by molar-refractivity contribution is 0.373. The summed E-state index contributed by atoms with van der Waals surface area (Å²) >= 11 is 3.45. The Hall–Kier alpha value is -2.19. The molecule has 0 aliphatic carbocycles. The molecule has 1 unspecified atom stereocenters. The van der Waals surface area contributed by atoms with Crippen molar-refractivity contribution in [1.29, 1.82) is 5.26 Å². The molecule has 2 aromatic carbocycles. The molecule has 4 nitrogen and oxygen atoms in total. The van der Waals surface area contributed by atoms with Crippen LogP contribution in [0.15, 0.2) is 40.9 Å². The molecule has 0 saturated heterocycles. The van der Waals surface area contributed by atoms with Gasteiger partial charge in [0.1, 0.15) is 0 Å². The Morgan fingerprint density at radius 1 is 1.29 bits per heavy atom. The Morgan fingerprint density at radius 2 is 2.05 bits per heavy atom. The van der Waals surface area contributed by atoms with Gasteiger partial charge < -0.3 is 15.2 Å². The average molecular weight is 347 g/mol. The highest BCUT2D eigenvalue weighted by atomic mass is 79.9. The minimum absolute atomic E-state index is 0.0173. The average Bonchev–Trinajstić information content (AvgIpc) is 2.49. The van der Waals surface area contributed by atoms with Crippen LogP contribution in [0.1, 0.15) is 24.1 Å². The van der Waals surface area contributed by atoms with Gasteiger partial charge in [-0.25, -0.2) is 0 Å². The zero-order valence-electron chi connectivity index (χ0n) is 11.7. The zero-order chi connectivity index (χ0) is 15.4. The number of hydrogen-bond acceptors (Lipinski definition) is 4. The molecule has 0 saturated carbocycles. The summed E-state index contributed by atoms with van der Waals surface area (Å²) in [5.41, 5.74) is 2.49. The van der Waals surface area contributed by atoms with Crippen LogP contribution in [0.3, 0.4) is 0 Å². The van der Waals surface area contributed by atoms with Crippen LogP contribution in [0.25, 0.3) is 0 Å². The smallest absolute Gasteiger partial charge is 0.160 e. The third-order valence-corrected chi connectivity index (χ3v) is 3.83. The monoisotopic (exact) mass is 346 g/mol. The predicted octanol–water partition coefficient (Wildman–Crippen LogP) is 4.21. The van der Waals surface area contributed by atoms with Crippen molar-refractivity contribution >= 4 is 21.6 Å². The van der Waals surface area contributed by atoms with E-state index in [2.05, 4.69) is 27.3 Å². The Balaban J connectivity index is 2.22. The molecule has 0 amide bonds. The van der Waals surface area contributed by atoms with E-state index in [1.54, 1.807) is 24.3 Å². The number of halogens is 1.